The monoisotopic (exact) mass is 382 g/mol. The first-order valence-corrected chi connectivity index (χ1v) is 9.55. The summed E-state index contributed by atoms with van der Waals surface area (Å²) in [5, 5.41) is 3.56. The van der Waals surface area contributed by atoms with E-state index in [2.05, 4.69) is 17.1 Å². The van der Waals surface area contributed by atoms with E-state index in [1.807, 2.05) is 31.2 Å². The van der Waals surface area contributed by atoms with E-state index in [0.717, 1.165) is 24.8 Å². The van der Waals surface area contributed by atoms with Crippen LogP contribution in [0.2, 0.25) is 5.02 Å². The zero-order chi connectivity index (χ0) is 19.4. The number of nitrogens with one attached hydrogen (secondary N) is 1. The number of nitrogens with zero attached hydrogens (tertiary/aromatic N) is 1. The fraction of sp³-hybridized carbons (Fsp3) is 0.364. The molecule has 0 bridgehead atoms. The fourth-order valence-corrected chi connectivity index (χ4v) is 3.69. The molecule has 4 nitrogen and oxygen atoms in total. The minimum absolute atomic E-state index is 0.0203. The fourth-order valence-electron chi connectivity index (χ4n) is 3.47. The molecule has 5 heteroatoms. The van der Waals surface area contributed by atoms with Crippen molar-refractivity contribution >= 4 is 23.2 Å². The molecule has 1 saturated carbocycles. The zero-order valence-electron chi connectivity index (χ0n) is 15.5. The molecule has 0 saturated heterocycles. The molecule has 0 spiro atoms. The highest BCUT2D eigenvalue weighted by Gasteiger charge is 2.30. The summed E-state index contributed by atoms with van der Waals surface area (Å²) in [5.74, 6) is 0.973. The normalized spacial score (nSPS) is 21.9. The molecule has 2 aromatic rings. The largest absolute Gasteiger partial charge is 0.490 e. The van der Waals surface area contributed by atoms with Gasteiger partial charge < -0.3 is 10.1 Å². The van der Waals surface area contributed by atoms with Gasteiger partial charge in [0.15, 0.2) is 0 Å². The quantitative estimate of drug-likeness (QED) is 0.703. The highest BCUT2D eigenvalue weighted by molar-refractivity contribution is 6.33. The highest BCUT2D eigenvalue weighted by Crippen LogP contribution is 2.33. The molecule has 0 aromatic heterocycles. The van der Waals surface area contributed by atoms with E-state index < -0.39 is 0 Å². The lowest BCUT2D eigenvalue weighted by Crippen LogP contribution is -2.43. The Hall–Kier alpha value is -2.51. The van der Waals surface area contributed by atoms with Crippen molar-refractivity contribution in [2.45, 2.75) is 45.3 Å². The average molecular weight is 383 g/mol. The zero-order valence-corrected chi connectivity index (χ0v) is 16.3. The van der Waals surface area contributed by atoms with Crippen LogP contribution < -0.4 is 10.1 Å². The van der Waals surface area contributed by atoms with Crippen molar-refractivity contribution in [2.24, 2.45) is 5.92 Å². The van der Waals surface area contributed by atoms with Gasteiger partial charge in [0.2, 0.25) is 5.69 Å². The Labute approximate surface area is 165 Å². The van der Waals surface area contributed by atoms with Gasteiger partial charge in [-0.15, -0.1) is 0 Å². The first-order chi connectivity index (χ1) is 13.0. The van der Waals surface area contributed by atoms with Crippen LogP contribution in [0.3, 0.4) is 0 Å². The van der Waals surface area contributed by atoms with Crippen molar-refractivity contribution in [3.05, 3.63) is 70.0 Å². The number of aryl methyl sites for hydroxylation is 1. The Morgan fingerprint density at radius 2 is 1.96 bits per heavy atom. The number of ether oxygens (including phenoxy) is 1. The number of halogens is 1. The molecule has 1 aliphatic rings. The van der Waals surface area contributed by atoms with Crippen LogP contribution in [0.15, 0.2) is 42.5 Å². The summed E-state index contributed by atoms with van der Waals surface area (Å²) >= 11 is 6.09. The van der Waals surface area contributed by atoms with Crippen molar-refractivity contribution in [1.82, 2.24) is 5.32 Å². The van der Waals surface area contributed by atoms with Gasteiger partial charge in [0.1, 0.15) is 11.9 Å². The second kappa shape index (κ2) is 8.45. The minimum atomic E-state index is -0.0203. The van der Waals surface area contributed by atoms with E-state index in [4.69, 9.17) is 22.9 Å². The molecule has 3 rings (SSSR count). The molecule has 140 valence electrons. The molecule has 1 N–H and O–H groups in total. The van der Waals surface area contributed by atoms with Crippen LogP contribution in [0.5, 0.6) is 5.75 Å². The van der Waals surface area contributed by atoms with Crippen molar-refractivity contribution < 1.29 is 9.53 Å². The summed E-state index contributed by atoms with van der Waals surface area (Å²) in [4.78, 5) is 15.8. The van der Waals surface area contributed by atoms with Crippen LogP contribution in [-0.4, -0.2) is 18.1 Å². The van der Waals surface area contributed by atoms with Gasteiger partial charge in [0.25, 0.3) is 5.91 Å². The third-order valence-corrected chi connectivity index (χ3v) is 5.37. The highest BCUT2D eigenvalue weighted by atomic mass is 35.5. The van der Waals surface area contributed by atoms with Crippen LogP contribution >= 0.6 is 11.6 Å². The van der Waals surface area contributed by atoms with Crippen LogP contribution in [0.25, 0.3) is 4.85 Å². The molecule has 1 aliphatic carbocycles. The molecule has 0 unspecified atom stereocenters. The topological polar surface area (TPSA) is 42.7 Å². The van der Waals surface area contributed by atoms with Gasteiger partial charge in [-0.1, -0.05) is 42.3 Å². The van der Waals surface area contributed by atoms with E-state index in [1.54, 1.807) is 18.2 Å². The summed E-state index contributed by atoms with van der Waals surface area (Å²) in [6.45, 7) is 11.2. The van der Waals surface area contributed by atoms with Gasteiger partial charge in [-0.3, -0.25) is 4.79 Å². The van der Waals surface area contributed by atoms with E-state index in [-0.39, 0.29) is 18.1 Å². The summed E-state index contributed by atoms with van der Waals surface area (Å²) < 4.78 is 6.10. The Kier molecular flexibility index (Phi) is 6.03. The maximum Gasteiger partial charge on any atom is 0.251 e. The molecule has 0 heterocycles. The molecular formula is C22H23ClN2O2. The average Bonchev–Trinajstić information content (AvgIpc) is 2.64. The molecule has 3 atom stereocenters. The summed E-state index contributed by atoms with van der Waals surface area (Å²) in [6.07, 6.45) is 2.69. The van der Waals surface area contributed by atoms with Gasteiger partial charge in [-0.05, 0) is 56.4 Å². The number of hydrogen-bond donors (Lipinski definition) is 1. The molecule has 2 aromatic carbocycles. The number of rotatable bonds is 4. The lowest BCUT2D eigenvalue weighted by atomic mass is 9.84. The minimum Gasteiger partial charge on any atom is -0.490 e. The predicted octanol–water partition coefficient (Wildman–Crippen LogP) is 5.57. The van der Waals surface area contributed by atoms with Gasteiger partial charge in [-0.2, -0.15) is 0 Å². The lowest BCUT2D eigenvalue weighted by molar-refractivity contribution is 0.0761. The third-order valence-electron chi connectivity index (χ3n) is 5.07. The van der Waals surface area contributed by atoms with Gasteiger partial charge in [0.05, 0.1) is 11.6 Å². The second-order valence-corrected chi connectivity index (χ2v) is 7.62. The number of carbonyl (C=O) groups is 1. The summed E-state index contributed by atoms with van der Waals surface area (Å²) in [5.41, 5.74) is 2.27. The lowest BCUT2D eigenvalue weighted by Gasteiger charge is -2.34. The van der Waals surface area contributed by atoms with Crippen molar-refractivity contribution in [3.63, 3.8) is 0 Å². The van der Waals surface area contributed by atoms with Crippen molar-refractivity contribution in [3.8, 4) is 5.75 Å². The maximum absolute atomic E-state index is 12.4. The number of amides is 1. The SMILES string of the molecule is [C-]#[N+]c1ccc(O[C@H]2CC[C@H](NC(=O)c3ccc(C)cc3)C[C@@H]2C)cc1Cl. The molecule has 27 heavy (non-hydrogen) atoms. The van der Waals surface area contributed by atoms with Crippen LogP contribution in [-0.2, 0) is 0 Å². The summed E-state index contributed by atoms with van der Waals surface area (Å²) in [6, 6.07) is 13.0. The number of carbonyl (C=O) groups excluding carboxylic acids is 1. The second-order valence-electron chi connectivity index (χ2n) is 7.21. The first-order valence-electron chi connectivity index (χ1n) is 9.17. The Morgan fingerprint density at radius 3 is 2.59 bits per heavy atom. The smallest absolute Gasteiger partial charge is 0.251 e. The van der Waals surface area contributed by atoms with E-state index in [9.17, 15) is 4.79 Å². The third kappa shape index (κ3) is 4.81. The van der Waals surface area contributed by atoms with E-state index in [0.29, 0.717) is 27.9 Å². The van der Waals surface area contributed by atoms with Gasteiger partial charge in [0, 0.05) is 11.6 Å². The van der Waals surface area contributed by atoms with Crippen LogP contribution in [0.4, 0.5) is 5.69 Å². The standard InChI is InChI=1S/C22H23ClN2O2/c1-14-4-6-16(7-5-14)22(26)25-17-8-11-21(15(2)12-17)27-18-9-10-20(24-3)19(23)13-18/h4-7,9-10,13,15,17,21H,8,11-12H2,1-2H3,(H,25,26)/t15-,17-,21-/m0/s1. The molecule has 0 aliphatic heterocycles. The van der Waals surface area contributed by atoms with E-state index >= 15 is 0 Å². The van der Waals surface area contributed by atoms with Gasteiger partial charge in [-0.25, -0.2) is 4.85 Å². The van der Waals surface area contributed by atoms with Gasteiger partial charge >= 0.3 is 0 Å². The predicted molar refractivity (Wildman–Crippen MR) is 108 cm³/mol. The van der Waals surface area contributed by atoms with Crippen LogP contribution in [0, 0.1) is 19.4 Å². The van der Waals surface area contributed by atoms with Crippen molar-refractivity contribution in [2.75, 3.05) is 0 Å². The molecule has 1 amide bonds. The Balaban J connectivity index is 1.56. The molecule has 1 fully saturated rings. The Bertz CT molecular complexity index is 858. The summed E-state index contributed by atoms with van der Waals surface area (Å²) in [7, 11) is 0. The van der Waals surface area contributed by atoms with Crippen molar-refractivity contribution in [1.29, 1.82) is 0 Å². The first kappa shape index (κ1) is 19.3. The molecular weight excluding hydrogens is 360 g/mol. The number of hydrogen-bond acceptors (Lipinski definition) is 2. The number of benzene rings is 2. The molecule has 0 radical (unpaired) electrons. The van der Waals surface area contributed by atoms with E-state index in [1.165, 1.54) is 0 Å². The maximum atomic E-state index is 12.4. The Morgan fingerprint density at radius 1 is 1.22 bits per heavy atom. The van der Waals surface area contributed by atoms with Crippen LogP contribution in [0.1, 0.15) is 42.1 Å².